The van der Waals surface area contributed by atoms with Crippen LogP contribution in [0.5, 0.6) is 0 Å². The summed E-state index contributed by atoms with van der Waals surface area (Å²) in [5, 5.41) is 9.17. The molecule has 0 radical (unpaired) electrons. The van der Waals surface area contributed by atoms with Gasteiger partial charge in [0.2, 0.25) is 0 Å². The van der Waals surface area contributed by atoms with Gasteiger partial charge in [-0.05, 0) is 29.5 Å². The van der Waals surface area contributed by atoms with E-state index in [0.29, 0.717) is 0 Å². The Morgan fingerprint density at radius 1 is 1.21 bits per heavy atom. The molecule has 0 aliphatic carbocycles. The van der Waals surface area contributed by atoms with Crippen LogP contribution in [-0.2, 0) is 12.8 Å². The van der Waals surface area contributed by atoms with Crippen molar-refractivity contribution in [2.45, 2.75) is 39.5 Å². The van der Waals surface area contributed by atoms with E-state index in [1.165, 1.54) is 16.7 Å². The topological polar surface area (TPSA) is 20.2 Å². The summed E-state index contributed by atoms with van der Waals surface area (Å²) < 4.78 is 0. The van der Waals surface area contributed by atoms with Crippen LogP contribution in [0, 0.1) is 0 Å². The van der Waals surface area contributed by atoms with Gasteiger partial charge >= 0.3 is 0 Å². The lowest BCUT2D eigenvalue weighted by molar-refractivity contribution is 0.272. The lowest BCUT2D eigenvalue weighted by atomic mass is 9.90. The second-order valence-electron chi connectivity index (χ2n) is 3.78. The third-order valence-corrected chi connectivity index (χ3v) is 2.85. The normalized spacial score (nSPS) is 12.9. The summed E-state index contributed by atoms with van der Waals surface area (Å²) in [4.78, 5) is 0. The molecule has 0 spiro atoms. The molecule has 1 heteroatoms. The van der Waals surface area contributed by atoms with Crippen molar-refractivity contribution in [3.8, 4) is 0 Å². The molecular weight excluding hydrogens is 172 g/mol. The van der Waals surface area contributed by atoms with Gasteiger partial charge in [-0.1, -0.05) is 39.0 Å². The predicted octanol–water partition coefficient (Wildman–Crippen LogP) is 2.91. The van der Waals surface area contributed by atoms with Crippen molar-refractivity contribution in [2.75, 3.05) is 6.61 Å². The van der Waals surface area contributed by atoms with Gasteiger partial charge in [0.05, 0.1) is 0 Å². The summed E-state index contributed by atoms with van der Waals surface area (Å²) in [5.74, 6) is 0.261. The maximum absolute atomic E-state index is 9.17. The zero-order valence-electron chi connectivity index (χ0n) is 9.38. The molecule has 78 valence electrons. The first kappa shape index (κ1) is 11.3. The Hall–Kier alpha value is -0.820. The van der Waals surface area contributed by atoms with E-state index >= 15 is 0 Å². The number of rotatable bonds is 4. The van der Waals surface area contributed by atoms with E-state index in [1.54, 1.807) is 0 Å². The number of aliphatic hydroxyl groups excluding tert-OH is 1. The summed E-state index contributed by atoms with van der Waals surface area (Å²) >= 11 is 0. The van der Waals surface area contributed by atoms with Gasteiger partial charge in [0.25, 0.3) is 0 Å². The van der Waals surface area contributed by atoms with Crippen LogP contribution in [0.3, 0.4) is 0 Å². The molecule has 0 fully saturated rings. The Morgan fingerprint density at radius 3 is 2.43 bits per heavy atom. The predicted molar refractivity (Wildman–Crippen MR) is 60.7 cm³/mol. The van der Waals surface area contributed by atoms with Gasteiger partial charge in [0.1, 0.15) is 0 Å². The molecule has 14 heavy (non-hydrogen) atoms. The molecule has 1 nitrogen and oxygen atoms in total. The zero-order chi connectivity index (χ0) is 10.6. The van der Waals surface area contributed by atoms with E-state index in [-0.39, 0.29) is 12.5 Å². The molecule has 1 aromatic rings. The lowest BCUT2D eigenvalue weighted by Gasteiger charge is -2.16. The summed E-state index contributed by atoms with van der Waals surface area (Å²) in [6.45, 7) is 6.68. The standard InChI is InChI=1S/C13H20O/c1-4-11-7-6-8-13(10(3)9-14)12(11)5-2/h6-8,10,14H,4-5,9H2,1-3H3. The van der Waals surface area contributed by atoms with Crippen molar-refractivity contribution in [3.63, 3.8) is 0 Å². The molecule has 0 bridgehead atoms. The first-order chi connectivity index (χ1) is 6.74. The number of hydrogen-bond acceptors (Lipinski definition) is 1. The number of benzene rings is 1. The third kappa shape index (κ3) is 2.16. The minimum Gasteiger partial charge on any atom is -0.396 e. The molecule has 1 rings (SSSR count). The minimum atomic E-state index is 0.236. The highest BCUT2D eigenvalue weighted by Crippen LogP contribution is 2.23. The van der Waals surface area contributed by atoms with E-state index < -0.39 is 0 Å². The average molecular weight is 192 g/mol. The van der Waals surface area contributed by atoms with Gasteiger partial charge in [-0.2, -0.15) is 0 Å². The smallest absolute Gasteiger partial charge is 0.0497 e. The van der Waals surface area contributed by atoms with E-state index in [2.05, 4.69) is 39.0 Å². The van der Waals surface area contributed by atoms with E-state index in [0.717, 1.165) is 12.8 Å². The van der Waals surface area contributed by atoms with Gasteiger partial charge in [-0.15, -0.1) is 0 Å². The van der Waals surface area contributed by atoms with Crippen LogP contribution in [-0.4, -0.2) is 11.7 Å². The molecule has 0 heterocycles. The van der Waals surface area contributed by atoms with Gasteiger partial charge in [0.15, 0.2) is 0 Å². The Kier molecular flexibility index (Phi) is 4.15. The van der Waals surface area contributed by atoms with Crippen molar-refractivity contribution >= 4 is 0 Å². The fraction of sp³-hybridized carbons (Fsp3) is 0.538. The summed E-state index contributed by atoms with van der Waals surface area (Å²) in [6.07, 6.45) is 2.14. The van der Waals surface area contributed by atoms with Crippen LogP contribution in [0.1, 0.15) is 43.4 Å². The molecule has 1 atom stereocenters. The third-order valence-electron chi connectivity index (χ3n) is 2.85. The average Bonchev–Trinajstić information content (AvgIpc) is 2.26. The van der Waals surface area contributed by atoms with E-state index in [9.17, 15) is 5.11 Å². The number of aryl methyl sites for hydroxylation is 1. The quantitative estimate of drug-likeness (QED) is 0.777. The molecule has 0 saturated heterocycles. The van der Waals surface area contributed by atoms with Crippen molar-refractivity contribution < 1.29 is 5.11 Å². The van der Waals surface area contributed by atoms with Crippen molar-refractivity contribution in [1.82, 2.24) is 0 Å². The van der Waals surface area contributed by atoms with Crippen LogP contribution < -0.4 is 0 Å². The Labute approximate surface area is 86.8 Å². The first-order valence-corrected chi connectivity index (χ1v) is 5.46. The highest BCUT2D eigenvalue weighted by Gasteiger charge is 2.10. The fourth-order valence-corrected chi connectivity index (χ4v) is 1.98. The Morgan fingerprint density at radius 2 is 1.93 bits per heavy atom. The van der Waals surface area contributed by atoms with E-state index in [4.69, 9.17) is 0 Å². The van der Waals surface area contributed by atoms with Crippen LogP contribution in [0.15, 0.2) is 18.2 Å². The van der Waals surface area contributed by atoms with Gasteiger partial charge in [0, 0.05) is 12.5 Å². The largest absolute Gasteiger partial charge is 0.396 e. The van der Waals surface area contributed by atoms with Crippen molar-refractivity contribution in [3.05, 3.63) is 34.9 Å². The van der Waals surface area contributed by atoms with Crippen LogP contribution in [0.25, 0.3) is 0 Å². The maximum atomic E-state index is 9.17. The van der Waals surface area contributed by atoms with Gasteiger partial charge in [-0.25, -0.2) is 0 Å². The van der Waals surface area contributed by atoms with Crippen LogP contribution in [0.4, 0.5) is 0 Å². The number of aliphatic hydroxyl groups is 1. The molecule has 0 aliphatic rings. The minimum absolute atomic E-state index is 0.236. The van der Waals surface area contributed by atoms with Crippen LogP contribution in [0.2, 0.25) is 0 Å². The second-order valence-corrected chi connectivity index (χ2v) is 3.78. The summed E-state index contributed by atoms with van der Waals surface area (Å²) in [6, 6.07) is 6.42. The monoisotopic (exact) mass is 192 g/mol. The fourth-order valence-electron chi connectivity index (χ4n) is 1.98. The molecule has 0 saturated carbocycles. The summed E-state index contributed by atoms with van der Waals surface area (Å²) in [7, 11) is 0. The molecule has 1 N–H and O–H groups in total. The molecular formula is C13H20O. The molecule has 0 amide bonds. The zero-order valence-corrected chi connectivity index (χ0v) is 9.38. The van der Waals surface area contributed by atoms with E-state index in [1.807, 2.05) is 0 Å². The molecule has 1 aromatic carbocycles. The first-order valence-electron chi connectivity index (χ1n) is 5.46. The summed E-state index contributed by atoms with van der Waals surface area (Å²) in [5.41, 5.74) is 4.16. The highest BCUT2D eigenvalue weighted by atomic mass is 16.3. The second kappa shape index (κ2) is 5.16. The van der Waals surface area contributed by atoms with Crippen molar-refractivity contribution in [2.24, 2.45) is 0 Å². The van der Waals surface area contributed by atoms with Gasteiger partial charge < -0.3 is 5.11 Å². The molecule has 0 aromatic heterocycles. The molecule has 0 aliphatic heterocycles. The molecule has 1 unspecified atom stereocenters. The number of hydrogen-bond donors (Lipinski definition) is 1. The lowest BCUT2D eigenvalue weighted by Crippen LogP contribution is -2.05. The Balaban J connectivity index is 3.14. The van der Waals surface area contributed by atoms with Crippen molar-refractivity contribution in [1.29, 1.82) is 0 Å². The maximum Gasteiger partial charge on any atom is 0.0497 e. The van der Waals surface area contributed by atoms with Gasteiger partial charge in [-0.3, -0.25) is 0 Å². The Bertz CT molecular complexity index is 291. The highest BCUT2D eigenvalue weighted by molar-refractivity contribution is 5.37. The SMILES string of the molecule is CCc1cccc(C(C)CO)c1CC. The van der Waals surface area contributed by atoms with Crippen LogP contribution >= 0.6 is 0 Å².